The zero-order valence-corrected chi connectivity index (χ0v) is 15.8. The Hall–Kier alpha value is -3.02. The second-order valence-electron chi connectivity index (χ2n) is 6.18. The van der Waals surface area contributed by atoms with Crippen LogP contribution in [0.4, 0.5) is 0 Å². The molecule has 0 aliphatic carbocycles. The molecule has 0 aliphatic rings. The molecule has 6 heteroatoms. The molecule has 27 heavy (non-hydrogen) atoms. The summed E-state index contributed by atoms with van der Waals surface area (Å²) in [5.74, 6) is -0.195. The number of methoxy groups -OCH3 is 2. The van der Waals surface area contributed by atoms with Gasteiger partial charge in [0.25, 0.3) is 0 Å². The smallest absolute Gasteiger partial charge is 0.305 e. The van der Waals surface area contributed by atoms with Gasteiger partial charge >= 0.3 is 5.97 Å². The molecule has 2 aromatic rings. The zero-order valence-electron chi connectivity index (χ0n) is 15.8. The molecule has 0 heterocycles. The monoisotopic (exact) mass is 371 g/mol. The molecule has 0 saturated carbocycles. The molecule has 0 aromatic heterocycles. The number of aliphatic carboxylic acids is 1. The van der Waals surface area contributed by atoms with E-state index in [9.17, 15) is 14.7 Å². The maximum absolute atomic E-state index is 12.5. The number of aryl methyl sites for hydroxylation is 1. The topological polar surface area (TPSA) is 84.9 Å². The molecule has 1 unspecified atom stereocenters. The molecule has 2 rings (SSSR count). The standard InChI is InChI=1S/C21H25NO5/c1-4-14-6-5-7-15(10-14)11-20(23)22-18(13-21(24)25)17-9-8-16(26-2)12-19(17)27-3/h5-10,12,18H,4,11,13H2,1-3H3,(H,22,23)(H,24,25). The van der Waals surface area contributed by atoms with Gasteiger partial charge in [-0.15, -0.1) is 0 Å². The molecule has 0 fully saturated rings. The highest BCUT2D eigenvalue weighted by molar-refractivity contribution is 5.80. The lowest BCUT2D eigenvalue weighted by Gasteiger charge is -2.20. The average Bonchev–Trinajstić information content (AvgIpc) is 2.66. The van der Waals surface area contributed by atoms with Crippen LogP contribution in [-0.4, -0.2) is 31.2 Å². The number of rotatable bonds is 9. The normalized spacial score (nSPS) is 11.5. The Morgan fingerprint density at radius 3 is 2.44 bits per heavy atom. The molecule has 1 amide bonds. The number of carbonyl (C=O) groups excluding carboxylic acids is 1. The lowest BCUT2D eigenvalue weighted by molar-refractivity contribution is -0.137. The fourth-order valence-corrected chi connectivity index (χ4v) is 2.91. The van der Waals surface area contributed by atoms with Crippen LogP contribution in [0, 0.1) is 0 Å². The predicted octanol–water partition coefficient (Wildman–Crippen LogP) is 3.14. The van der Waals surface area contributed by atoms with Gasteiger partial charge in [0.2, 0.25) is 5.91 Å². The second-order valence-corrected chi connectivity index (χ2v) is 6.18. The van der Waals surface area contributed by atoms with Crippen molar-refractivity contribution in [1.29, 1.82) is 0 Å². The van der Waals surface area contributed by atoms with E-state index in [4.69, 9.17) is 9.47 Å². The van der Waals surface area contributed by atoms with Gasteiger partial charge in [0.05, 0.1) is 33.1 Å². The Morgan fingerprint density at radius 1 is 1.07 bits per heavy atom. The first-order chi connectivity index (χ1) is 13.0. The van der Waals surface area contributed by atoms with Gasteiger partial charge in [0.1, 0.15) is 11.5 Å². The minimum absolute atomic E-state index is 0.183. The van der Waals surface area contributed by atoms with Gasteiger partial charge in [-0.05, 0) is 29.7 Å². The van der Waals surface area contributed by atoms with Gasteiger partial charge in [0, 0.05) is 11.6 Å². The van der Waals surface area contributed by atoms with Crippen molar-refractivity contribution in [1.82, 2.24) is 5.32 Å². The van der Waals surface area contributed by atoms with E-state index in [0.717, 1.165) is 17.5 Å². The van der Waals surface area contributed by atoms with Gasteiger partial charge in [0.15, 0.2) is 0 Å². The minimum atomic E-state index is -1.01. The molecule has 2 aromatic carbocycles. The third-order valence-electron chi connectivity index (χ3n) is 4.29. The van der Waals surface area contributed by atoms with Crippen LogP contribution < -0.4 is 14.8 Å². The summed E-state index contributed by atoms with van der Waals surface area (Å²) >= 11 is 0. The van der Waals surface area contributed by atoms with Crippen LogP contribution in [0.1, 0.15) is 36.1 Å². The van der Waals surface area contributed by atoms with Gasteiger partial charge in [-0.2, -0.15) is 0 Å². The van der Waals surface area contributed by atoms with Crippen molar-refractivity contribution in [3.05, 3.63) is 59.2 Å². The number of carboxylic acid groups (broad SMARTS) is 1. The predicted molar refractivity (Wildman–Crippen MR) is 102 cm³/mol. The lowest BCUT2D eigenvalue weighted by Crippen LogP contribution is -2.31. The number of ether oxygens (including phenoxy) is 2. The highest BCUT2D eigenvalue weighted by Crippen LogP contribution is 2.31. The van der Waals surface area contributed by atoms with Crippen molar-refractivity contribution in [2.24, 2.45) is 0 Å². The Kier molecular flexibility index (Phi) is 7.23. The molecular formula is C21H25NO5. The van der Waals surface area contributed by atoms with Gasteiger partial charge in [-0.25, -0.2) is 0 Å². The third-order valence-corrected chi connectivity index (χ3v) is 4.29. The van der Waals surface area contributed by atoms with Crippen LogP contribution in [0.25, 0.3) is 0 Å². The van der Waals surface area contributed by atoms with Crippen LogP contribution in [-0.2, 0) is 22.4 Å². The summed E-state index contributed by atoms with van der Waals surface area (Å²) in [7, 11) is 3.03. The molecule has 6 nitrogen and oxygen atoms in total. The van der Waals surface area contributed by atoms with Crippen LogP contribution in [0.2, 0.25) is 0 Å². The fraction of sp³-hybridized carbons (Fsp3) is 0.333. The summed E-state index contributed by atoms with van der Waals surface area (Å²) < 4.78 is 10.5. The second kappa shape index (κ2) is 9.62. The van der Waals surface area contributed by atoms with Crippen LogP contribution in [0.3, 0.4) is 0 Å². The summed E-state index contributed by atoms with van der Waals surface area (Å²) in [5.41, 5.74) is 2.64. The highest BCUT2D eigenvalue weighted by atomic mass is 16.5. The third kappa shape index (κ3) is 5.74. The van der Waals surface area contributed by atoms with E-state index in [2.05, 4.69) is 12.2 Å². The van der Waals surface area contributed by atoms with Crippen LogP contribution in [0.15, 0.2) is 42.5 Å². The molecule has 0 bridgehead atoms. The van der Waals surface area contributed by atoms with Crippen molar-refractivity contribution in [2.45, 2.75) is 32.2 Å². The quantitative estimate of drug-likeness (QED) is 0.707. The molecule has 0 aliphatic heterocycles. The van der Waals surface area contributed by atoms with Crippen LogP contribution >= 0.6 is 0 Å². The average molecular weight is 371 g/mol. The first kappa shape index (κ1) is 20.3. The van der Waals surface area contributed by atoms with Crippen molar-refractivity contribution in [3.63, 3.8) is 0 Å². The lowest BCUT2D eigenvalue weighted by atomic mass is 10.0. The Balaban J connectivity index is 2.21. The van der Waals surface area contributed by atoms with E-state index in [0.29, 0.717) is 17.1 Å². The molecule has 0 radical (unpaired) electrons. The number of hydrogen-bond donors (Lipinski definition) is 2. The van der Waals surface area contributed by atoms with E-state index in [1.807, 2.05) is 24.3 Å². The Bertz CT molecular complexity index is 803. The van der Waals surface area contributed by atoms with E-state index < -0.39 is 12.0 Å². The van der Waals surface area contributed by atoms with Gasteiger partial charge in [-0.1, -0.05) is 31.2 Å². The van der Waals surface area contributed by atoms with Gasteiger partial charge in [-0.3, -0.25) is 9.59 Å². The van der Waals surface area contributed by atoms with Crippen molar-refractivity contribution in [2.75, 3.05) is 14.2 Å². The van der Waals surface area contributed by atoms with Gasteiger partial charge < -0.3 is 19.9 Å². The van der Waals surface area contributed by atoms with Crippen molar-refractivity contribution >= 4 is 11.9 Å². The summed E-state index contributed by atoms with van der Waals surface area (Å²) in [6, 6.07) is 12.2. The summed E-state index contributed by atoms with van der Waals surface area (Å²) in [5, 5.41) is 12.1. The summed E-state index contributed by atoms with van der Waals surface area (Å²) in [4.78, 5) is 23.8. The molecule has 0 saturated heterocycles. The maximum Gasteiger partial charge on any atom is 0.305 e. The van der Waals surface area contributed by atoms with Crippen molar-refractivity contribution < 1.29 is 24.2 Å². The van der Waals surface area contributed by atoms with E-state index in [1.54, 1.807) is 18.2 Å². The maximum atomic E-state index is 12.5. The highest BCUT2D eigenvalue weighted by Gasteiger charge is 2.22. The minimum Gasteiger partial charge on any atom is -0.497 e. The SMILES string of the molecule is CCc1cccc(CC(=O)NC(CC(=O)O)c2ccc(OC)cc2OC)c1. The zero-order chi connectivity index (χ0) is 19.8. The fourth-order valence-electron chi connectivity index (χ4n) is 2.91. The van der Waals surface area contributed by atoms with E-state index in [1.165, 1.54) is 14.2 Å². The number of hydrogen-bond acceptors (Lipinski definition) is 4. The number of amides is 1. The molecule has 2 N–H and O–H groups in total. The molecule has 144 valence electrons. The molecular weight excluding hydrogens is 346 g/mol. The molecule has 0 spiro atoms. The summed E-state index contributed by atoms with van der Waals surface area (Å²) in [6.07, 6.45) is 0.825. The Morgan fingerprint density at radius 2 is 1.81 bits per heavy atom. The molecule has 1 atom stereocenters. The first-order valence-electron chi connectivity index (χ1n) is 8.77. The van der Waals surface area contributed by atoms with E-state index >= 15 is 0 Å². The number of carbonyl (C=O) groups is 2. The van der Waals surface area contributed by atoms with E-state index in [-0.39, 0.29) is 18.7 Å². The first-order valence-corrected chi connectivity index (χ1v) is 8.77. The number of benzene rings is 2. The van der Waals surface area contributed by atoms with Crippen molar-refractivity contribution in [3.8, 4) is 11.5 Å². The summed E-state index contributed by atoms with van der Waals surface area (Å²) in [6.45, 7) is 2.05. The largest absolute Gasteiger partial charge is 0.497 e. The van der Waals surface area contributed by atoms with Crippen LogP contribution in [0.5, 0.6) is 11.5 Å². The Labute approximate surface area is 159 Å². The number of nitrogens with one attached hydrogen (secondary N) is 1. The number of carboxylic acids is 1.